The maximum absolute atomic E-state index is 5.55. The minimum Gasteiger partial charge on any atom is -0.381 e. The molecule has 72 valence electrons. The highest BCUT2D eigenvalue weighted by Gasteiger charge is 2.19. The van der Waals surface area contributed by atoms with Crippen molar-refractivity contribution in [2.75, 3.05) is 18.9 Å². The fourth-order valence-corrected chi connectivity index (χ4v) is 1.59. The van der Waals surface area contributed by atoms with Gasteiger partial charge in [-0.3, -0.25) is 0 Å². The molecule has 1 aromatic rings. The summed E-state index contributed by atoms with van der Waals surface area (Å²) in [5.41, 5.74) is 7.51. The van der Waals surface area contributed by atoms with E-state index in [9.17, 15) is 0 Å². The van der Waals surface area contributed by atoms with Gasteiger partial charge < -0.3 is 15.0 Å². The molecule has 1 unspecified atom stereocenters. The van der Waals surface area contributed by atoms with Crippen molar-refractivity contribution in [3.05, 3.63) is 11.3 Å². The van der Waals surface area contributed by atoms with Crippen LogP contribution in [0.5, 0.6) is 0 Å². The fraction of sp³-hybridized carbons (Fsp3) is 0.667. The lowest BCUT2D eigenvalue weighted by Crippen LogP contribution is -2.04. The molecule has 1 aromatic heterocycles. The van der Waals surface area contributed by atoms with Crippen molar-refractivity contribution in [1.82, 2.24) is 5.16 Å². The largest absolute Gasteiger partial charge is 0.381 e. The second kappa shape index (κ2) is 3.38. The third-order valence-corrected chi connectivity index (χ3v) is 2.56. The van der Waals surface area contributed by atoms with Gasteiger partial charge >= 0.3 is 0 Å². The highest BCUT2D eigenvalue weighted by molar-refractivity contribution is 5.37. The molecule has 0 radical (unpaired) electrons. The lowest BCUT2D eigenvalue weighted by molar-refractivity contribution is 0.185. The number of rotatable bonds is 2. The number of nitrogen functional groups attached to an aromatic ring is 1. The molecule has 0 amide bonds. The summed E-state index contributed by atoms with van der Waals surface area (Å²) in [5.74, 6) is 1.03. The number of aromatic nitrogens is 1. The molecule has 1 aliphatic heterocycles. The molecule has 2 N–H and O–H groups in total. The van der Waals surface area contributed by atoms with Crippen LogP contribution in [-0.4, -0.2) is 18.4 Å². The minimum atomic E-state index is 0.439. The molecule has 13 heavy (non-hydrogen) atoms. The molecule has 2 heterocycles. The summed E-state index contributed by atoms with van der Waals surface area (Å²) >= 11 is 0. The van der Waals surface area contributed by atoms with Crippen LogP contribution in [0.15, 0.2) is 4.52 Å². The minimum absolute atomic E-state index is 0.439. The number of nitrogens with two attached hydrogens (primary N) is 1. The molecule has 0 aliphatic carbocycles. The highest BCUT2D eigenvalue weighted by Crippen LogP contribution is 2.22. The summed E-state index contributed by atoms with van der Waals surface area (Å²) in [6.45, 7) is 3.65. The van der Waals surface area contributed by atoms with Crippen LogP contribution in [0.3, 0.4) is 0 Å². The van der Waals surface area contributed by atoms with E-state index in [0.717, 1.165) is 37.3 Å². The van der Waals surface area contributed by atoms with Gasteiger partial charge in [-0.2, -0.15) is 0 Å². The zero-order valence-corrected chi connectivity index (χ0v) is 7.75. The first-order valence-corrected chi connectivity index (χ1v) is 4.55. The Morgan fingerprint density at radius 3 is 3.00 bits per heavy atom. The summed E-state index contributed by atoms with van der Waals surface area (Å²) < 4.78 is 10.2. The van der Waals surface area contributed by atoms with Crippen LogP contribution in [0.4, 0.5) is 5.88 Å². The van der Waals surface area contributed by atoms with E-state index < -0.39 is 0 Å². The van der Waals surface area contributed by atoms with Gasteiger partial charge in [0.05, 0.1) is 5.69 Å². The van der Waals surface area contributed by atoms with Gasteiger partial charge in [-0.25, -0.2) is 0 Å². The molecular formula is C9H14N2O2. The Hall–Kier alpha value is -1.03. The molecule has 4 nitrogen and oxygen atoms in total. The summed E-state index contributed by atoms with van der Waals surface area (Å²) in [4.78, 5) is 0. The SMILES string of the molecule is Cc1c(CC2CCOC2)noc1N. The molecule has 1 saturated heterocycles. The average Bonchev–Trinajstić information content (AvgIpc) is 2.71. The summed E-state index contributed by atoms with van der Waals surface area (Å²) in [5, 5.41) is 3.92. The van der Waals surface area contributed by atoms with E-state index in [1.807, 2.05) is 6.92 Å². The Morgan fingerprint density at radius 2 is 2.46 bits per heavy atom. The Balaban J connectivity index is 2.04. The molecule has 0 aromatic carbocycles. The van der Waals surface area contributed by atoms with Crippen LogP contribution in [0.1, 0.15) is 17.7 Å². The maximum atomic E-state index is 5.55. The Morgan fingerprint density at radius 1 is 1.62 bits per heavy atom. The van der Waals surface area contributed by atoms with E-state index >= 15 is 0 Å². The summed E-state index contributed by atoms with van der Waals surface area (Å²) in [6, 6.07) is 0. The number of hydrogen-bond acceptors (Lipinski definition) is 4. The Bertz CT molecular complexity index is 290. The topological polar surface area (TPSA) is 61.3 Å². The third-order valence-electron chi connectivity index (χ3n) is 2.56. The monoisotopic (exact) mass is 182 g/mol. The van der Waals surface area contributed by atoms with Crippen LogP contribution in [0.25, 0.3) is 0 Å². The van der Waals surface area contributed by atoms with Crippen molar-refractivity contribution >= 4 is 5.88 Å². The predicted octanol–water partition coefficient (Wildman–Crippen LogP) is 1.14. The van der Waals surface area contributed by atoms with E-state index in [-0.39, 0.29) is 0 Å². The smallest absolute Gasteiger partial charge is 0.225 e. The van der Waals surface area contributed by atoms with Crippen molar-refractivity contribution < 1.29 is 9.26 Å². The Kier molecular flexibility index (Phi) is 2.22. The first-order valence-electron chi connectivity index (χ1n) is 4.55. The zero-order valence-electron chi connectivity index (χ0n) is 7.75. The molecule has 0 saturated carbocycles. The van der Waals surface area contributed by atoms with Crippen LogP contribution < -0.4 is 5.73 Å². The van der Waals surface area contributed by atoms with E-state index in [0.29, 0.717) is 11.8 Å². The standard InChI is InChI=1S/C9H14N2O2/c1-6-8(11-13-9(6)10)4-7-2-3-12-5-7/h7H,2-5,10H2,1H3. The van der Waals surface area contributed by atoms with Crippen molar-refractivity contribution in [2.24, 2.45) is 5.92 Å². The van der Waals surface area contributed by atoms with Crippen molar-refractivity contribution in [3.63, 3.8) is 0 Å². The van der Waals surface area contributed by atoms with E-state index in [4.69, 9.17) is 15.0 Å². The molecule has 1 aliphatic rings. The van der Waals surface area contributed by atoms with Crippen LogP contribution in [0, 0.1) is 12.8 Å². The lowest BCUT2D eigenvalue weighted by Gasteiger charge is -2.03. The fourth-order valence-electron chi connectivity index (χ4n) is 1.59. The van der Waals surface area contributed by atoms with Gasteiger partial charge in [0.15, 0.2) is 0 Å². The molecule has 1 fully saturated rings. The second-order valence-electron chi connectivity index (χ2n) is 3.55. The summed E-state index contributed by atoms with van der Waals surface area (Å²) in [6.07, 6.45) is 2.04. The van der Waals surface area contributed by atoms with Gasteiger partial charge in [-0.15, -0.1) is 0 Å². The van der Waals surface area contributed by atoms with E-state index in [1.165, 1.54) is 0 Å². The molecule has 4 heteroatoms. The second-order valence-corrected chi connectivity index (χ2v) is 3.55. The van der Waals surface area contributed by atoms with Gasteiger partial charge in [0.1, 0.15) is 0 Å². The number of nitrogens with zero attached hydrogens (tertiary/aromatic N) is 1. The quantitative estimate of drug-likeness (QED) is 0.745. The highest BCUT2D eigenvalue weighted by atomic mass is 16.5. The van der Waals surface area contributed by atoms with Gasteiger partial charge in [0.2, 0.25) is 5.88 Å². The average molecular weight is 182 g/mol. The van der Waals surface area contributed by atoms with Gasteiger partial charge in [-0.05, 0) is 25.7 Å². The molecule has 1 atom stereocenters. The van der Waals surface area contributed by atoms with Crippen molar-refractivity contribution in [2.45, 2.75) is 19.8 Å². The van der Waals surface area contributed by atoms with Crippen LogP contribution >= 0.6 is 0 Å². The van der Waals surface area contributed by atoms with E-state index in [1.54, 1.807) is 0 Å². The predicted molar refractivity (Wildman–Crippen MR) is 48.3 cm³/mol. The number of anilines is 1. The van der Waals surface area contributed by atoms with Crippen LogP contribution in [0.2, 0.25) is 0 Å². The van der Waals surface area contributed by atoms with Gasteiger partial charge in [0, 0.05) is 18.8 Å². The molecular weight excluding hydrogens is 168 g/mol. The van der Waals surface area contributed by atoms with E-state index in [2.05, 4.69) is 5.16 Å². The lowest BCUT2D eigenvalue weighted by atomic mass is 10.0. The number of hydrogen-bond donors (Lipinski definition) is 1. The normalized spacial score (nSPS) is 22.4. The molecule has 0 bridgehead atoms. The third kappa shape index (κ3) is 1.67. The first-order chi connectivity index (χ1) is 6.27. The number of ether oxygens (including phenoxy) is 1. The first kappa shape index (κ1) is 8.56. The maximum Gasteiger partial charge on any atom is 0.225 e. The van der Waals surface area contributed by atoms with Crippen molar-refractivity contribution in [1.29, 1.82) is 0 Å². The summed E-state index contributed by atoms with van der Waals surface area (Å²) in [7, 11) is 0. The van der Waals surface area contributed by atoms with Gasteiger partial charge in [-0.1, -0.05) is 5.16 Å². The zero-order chi connectivity index (χ0) is 9.26. The van der Waals surface area contributed by atoms with Gasteiger partial charge in [0.25, 0.3) is 0 Å². The van der Waals surface area contributed by atoms with Crippen molar-refractivity contribution in [3.8, 4) is 0 Å². The molecule has 2 rings (SSSR count). The Labute approximate surface area is 77.0 Å². The van der Waals surface area contributed by atoms with Crippen LogP contribution in [-0.2, 0) is 11.2 Å². The molecule has 0 spiro atoms.